The molecule has 0 saturated heterocycles. The SMILES string of the molecule is C[C@@]12C[C@@H](O)C[C@H]1[C@@H]1CC[C@H]3C[C@@H](O)CC[C@@H]3[C@H]1[C@H](O)C2. The summed E-state index contributed by atoms with van der Waals surface area (Å²) in [7, 11) is 0. The number of aliphatic hydroxyl groups excluding tert-OH is 3. The van der Waals surface area contributed by atoms with Gasteiger partial charge in [-0.25, -0.2) is 0 Å². The van der Waals surface area contributed by atoms with Crippen LogP contribution in [0.15, 0.2) is 0 Å². The quantitative estimate of drug-likeness (QED) is 0.642. The summed E-state index contributed by atoms with van der Waals surface area (Å²) >= 11 is 0. The molecule has 4 aliphatic rings. The van der Waals surface area contributed by atoms with Gasteiger partial charge in [0.2, 0.25) is 0 Å². The molecule has 4 aliphatic carbocycles. The van der Waals surface area contributed by atoms with E-state index in [0.717, 1.165) is 38.5 Å². The van der Waals surface area contributed by atoms with Gasteiger partial charge < -0.3 is 15.3 Å². The second kappa shape index (κ2) is 4.94. The molecule has 3 N–H and O–H groups in total. The van der Waals surface area contributed by atoms with Crippen LogP contribution in [0.2, 0.25) is 0 Å². The Hall–Kier alpha value is -0.120. The maximum Gasteiger partial charge on any atom is 0.0579 e. The van der Waals surface area contributed by atoms with E-state index in [4.69, 9.17) is 0 Å². The Morgan fingerprint density at radius 3 is 2.38 bits per heavy atom. The van der Waals surface area contributed by atoms with Crippen LogP contribution in [0.3, 0.4) is 0 Å². The first-order valence-electron chi connectivity index (χ1n) is 9.02. The number of hydrogen-bond donors (Lipinski definition) is 3. The van der Waals surface area contributed by atoms with Crippen molar-refractivity contribution < 1.29 is 15.3 Å². The van der Waals surface area contributed by atoms with E-state index >= 15 is 0 Å². The first kappa shape index (κ1) is 14.5. The minimum atomic E-state index is -0.190. The molecule has 4 saturated carbocycles. The van der Waals surface area contributed by atoms with E-state index < -0.39 is 0 Å². The van der Waals surface area contributed by atoms with E-state index in [2.05, 4.69) is 6.92 Å². The molecule has 0 aromatic rings. The second-order valence-electron chi connectivity index (χ2n) is 8.84. The molecule has 3 heteroatoms. The van der Waals surface area contributed by atoms with Crippen molar-refractivity contribution in [1.29, 1.82) is 0 Å². The molecule has 0 unspecified atom stereocenters. The summed E-state index contributed by atoms with van der Waals surface area (Å²) in [5, 5.41) is 31.0. The molecule has 0 spiro atoms. The van der Waals surface area contributed by atoms with Gasteiger partial charge in [0.25, 0.3) is 0 Å². The molecule has 4 fully saturated rings. The minimum Gasteiger partial charge on any atom is -0.393 e. The highest BCUT2D eigenvalue weighted by atomic mass is 16.3. The molecule has 4 rings (SSSR count). The Bertz CT molecular complexity index is 411. The van der Waals surface area contributed by atoms with Crippen LogP contribution in [0, 0.1) is 35.0 Å². The van der Waals surface area contributed by atoms with E-state index in [-0.39, 0.29) is 23.7 Å². The molecule has 0 radical (unpaired) electrons. The van der Waals surface area contributed by atoms with Crippen LogP contribution in [0.25, 0.3) is 0 Å². The zero-order valence-electron chi connectivity index (χ0n) is 13.1. The summed E-state index contributed by atoms with van der Waals surface area (Å²) in [5.41, 5.74) is 0.154. The molecular weight excluding hydrogens is 264 g/mol. The molecule has 0 bridgehead atoms. The van der Waals surface area contributed by atoms with Gasteiger partial charge in [0.05, 0.1) is 18.3 Å². The van der Waals surface area contributed by atoms with Crippen molar-refractivity contribution in [1.82, 2.24) is 0 Å². The van der Waals surface area contributed by atoms with Crippen molar-refractivity contribution in [3.63, 3.8) is 0 Å². The largest absolute Gasteiger partial charge is 0.393 e. The van der Waals surface area contributed by atoms with Gasteiger partial charge in [0, 0.05) is 0 Å². The summed E-state index contributed by atoms with van der Waals surface area (Å²) < 4.78 is 0. The molecular formula is C18H30O3. The van der Waals surface area contributed by atoms with Crippen LogP contribution < -0.4 is 0 Å². The third kappa shape index (κ3) is 2.19. The van der Waals surface area contributed by atoms with Crippen molar-refractivity contribution in [3.8, 4) is 0 Å². The summed E-state index contributed by atoms with van der Waals surface area (Å²) in [6.45, 7) is 2.30. The maximum atomic E-state index is 10.9. The first-order chi connectivity index (χ1) is 9.98. The predicted molar refractivity (Wildman–Crippen MR) is 80.5 cm³/mol. The summed E-state index contributed by atoms with van der Waals surface area (Å²) in [6.07, 6.45) is 7.63. The normalized spacial score (nSPS) is 60.0. The summed E-state index contributed by atoms with van der Waals surface area (Å²) in [4.78, 5) is 0. The Labute approximate surface area is 127 Å². The average molecular weight is 294 g/mol. The third-order valence-electron chi connectivity index (χ3n) is 7.63. The lowest BCUT2D eigenvalue weighted by atomic mass is 9.50. The molecule has 0 aliphatic heterocycles. The Balaban J connectivity index is 1.61. The summed E-state index contributed by atoms with van der Waals surface area (Å²) in [6, 6.07) is 0. The van der Waals surface area contributed by atoms with Crippen molar-refractivity contribution in [2.24, 2.45) is 35.0 Å². The van der Waals surface area contributed by atoms with Gasteiger partial charge in [-0.15, -0.1) is 0 Å². The summed E-state index contributed by atoms with van der Waals surface area (Å²) in [5.74, 6) is 2.88. The van der Waals surface area contributed by atoms with Gasteiger partial charge in [0.1, 0.15) is 0 Å². The molecule has 9 atom stereocenters. The van der Waals surface area contributed by atoms with Gasteiger partial charge in [-0.3, -0.25) is 0 Å². The Morgan fingerprint density at radius 1 is 0.810 bits per heavy atom. The monoisotopic (exact) mass is 294 g/mol. The maximum absolute atomic E-state index is 10.9. The number of aliphatic hydroxyl groups is 3. The fraction of sp³-hybridized carbons (Fsp3) is 1.00. The van der Waals surface area contributed by atoms with Crippen molar-refractivity contribution in [2.45, 2.75) is 76.6 Å². The standard InChI is InChI=1S/C18H30O3/c1-18-8-12(20)7-15(18)14-4-2-10-6-11(19)3-5-13(10)17(14)16(21)9-18/h10-17,19-21H,2-9H2,1H3/t10-,11-,12-,13-,14-,15-,16+,17+,18-/m0/s1. The Kier molecular flexibility index (Phi) is 3.40. The third-order valence-corrected chi connectivity index (χ3v) is 7.63. The van der Waals surface area contributed by atoms with E-state index in [1.165, 1.54) is 12.8 Å². The number of rotatable bonds is 0. The lowest BCUT2D eigenvalue weighted by Crippen LogP contribution is -2.53. The zero-order valence-corrected chi connectivity index (χ0v) is 13.1. The van der Waals surface area contributed by atoms with E-state index in [9.17, 15) is 15.3 Å². The van der Waals surface area contributed by atoms with Gasteiger partial charge in [-0.1, -0.05) is 6.92 Å². The molecule has 3 nitrogen and oxygen atoms in total. The number of fused-ring (bicyclic) bond motifs is 5. The highest BCUT2D eigenvalue weighted by Gasteiger charge is 2.58. The lowest BCUT2D eigenvalue weighted by Gasteiger charge is -2.56. The van der Waals surface area contributed by atoms with Crippen LogP contribution in [0.4, 0.5) is 0 Å². The van der Waals surface area contributed by atoms with Crippen LogP contribution in [-0.4, -0.2) is 33.6 Å². The van der Waals surface area contributed by atoms with Crippen molar-refractivity contribution >= 4 is 0 Å². The predicted octanol–water partition coefficient (Wildman–Crippen LogP) is 2.33. The molecule has 0 aromatic heterocycles. The smallest absolute Gasteiger partial charge is 0.0579 e. The van der Waals surface area contributed by atoms with Crippen molar-refractivity contribution in [3.05, 3.63) is 0 Å². The van der Waals surface area contributed by atoms with E-state index in [1.54, 1.807) is 0 Å². The zero-order chi connectivity index (χ0) is 14.8. The lowest BCUT2D eigenvalue weighted by molar-refractivity contribution is -0.131. The average Bonchev–Trinajstić information content (AvgIpc) is 2.72. The van der Waals surface area contributed by atoms with E-state index in [0.29, 0.717) is 29.6 Å². The van der Waals surface area contributed by atoms with Crippen molar-refractivity contribution in [2.75, 3.05) is 0 Å². The highest BCUT2D eigenvalue weighted by Crippen LogP contribution is 2.62. The van der Waals surface area contributed by atoms with Crippen LogP contribution in [0.5, 0.6) is 0 Å². The molecule has 0 aromatic carbocycles. The molecule has 21 heavy (non-hydrogen) atoms. The van der Waals surface area contributed by atoms with Crippen LogP contribution >= 0.6 is 0 Å². The topological polar surface area (TPSA) is 60.7 Å². The van der Waals surface area contributed by atoms with Gasteiger partial charge >= 0.3 is 0 Å². The first-order valence-corrected chi connectivity index (χ1v) is 9.02. The minimum absolute atomic E-state index is 0.109. The van der Waals surface area contributed by atoms with E-state index in [1.807, 2.05) is 0 Å². The Morgan fingerprint density at radius 2 is 1.57 bits per heavy atom. The van der Waals surface area contributed by atoms with Gasteiger partial charge in [0.15, 0.2) is 0 Å². The van der Waals surface area contributed by atoms with Gasteiger partial charge in [-0.05, 0) is 86.4 Å². The number of hydrogen-bond acceptors (Lipinski definition) is 3. The fourth-order valence-electron chi connectivity index (χ4n) is 6.95. The fourth-order valence-corrected chi connectivity index (χ4v) is 6.95. The molecule has 0 amide bonds. The van der Waals surface area contributed by atoms with Gasteiger partial charge in [-0.2, -0.15) is 0 Å². The second-order valence-corrected chi connectivity index (χ2v) is 8.84. The highest BCUT2D eigenvalue weighted by molar-refractivity contribution is 5.07. The molecule has 0 heterocycles. The molecule has 120 valence electrons. The van der Waals surface area contributed by atoms with Crippen LogP contribution in [-0.2, 0) is 0 Å². The van der Waals surface area contributed by atoms with Crippen LogP contribution in [0.1, 0.15) is 58.3 Å².